The number of aromatic nitrogens is 1. The molecule has 3 rings (SSSR count). The number of rotatable bonds is 9. The zero-order chi connectivity index (χ0) is 20.8. The van der Waals surface area contributed by atoms with Crippen LogP contribution in [0.1, 0.15) is 27.0 Å². The molecule has 0 aliphatic carbocycles. The van der Waals surface area contributed by atoms with E-state index in [-0.39, 0.29) is 17.3 Å². The van der Waals surface area contributed by atoms with Gasteiger partial charge in [0, 0.05) is 32.2 Å². The predicted octanol–water partition coefficient (Wildman–Crippen LogP) is 0.758. The monoisotopic (exact) mass is 398 g/mol. The average molecular weight is 398 g/mol. The average Bonchev–Trinajstić information content (AvgIpc) is 3.04. The molecule has 0 atom stereocenters. The van der Waals surface area contributed by atoms with Crippen molar-refractivity contribution < 1.29 is 29.0 Å². The Morgan fingerprint density at radius 3 is 2.45 bits per heavy atom. The summed E-state index contributed by atoms with van der Waals surface area (Å²) in [6.07, 6.45) is 4.98. The van der Waals surface area contributed by atoms with Crippen LogP contribution >= 0.6 is 0 Å². The van der Waals surface area contributed by atoms with E-state index in [1.165, 1.54) is 6.07 Å². The number of carbonyl (C=O) groups excluding carboxylic acids is 1. The lowest BCUT2D eigenvalue weighted by molar-refractivity contribution is -0.914. The van der Waals surface area contributed by atoms with Crippen molar-refractivity contribution in [2.24, 2.45) is 0 Å². The van der Waals surface area contributed by atoms with Crippen molar-refractivity contribution in [3.8, 4) is 11.5 Å². The van der Waals surface area contributed by atoms with Crippen molar-refractivity contribution in [3.63, 3.8) is 0 Å². The molecule has 7 nitrogen and oxygen atoms in total. The van der Waals surface area contributed by atoms with Gasteiger partial charge in [-0.05, 0) is 36.3 Å². The second-order valence-electron chi connectivity index (χ2n) is 7.01. The van der Waals surface area contributed by atoms with Gasteiger partial charge < -0.3 is 24.2 Å². The normalized spacial score (nSPS) is 14.5. The largest absolute Gasteiger partial charge is 0.872 e. The molecule has 2 heterocycles. The Bertz CT molecular complexity index is 888. The molecular formula is C22H26N2O5. The zero-order valence-electron chi connectivity index (χ0n) is 17.0. The molecule has 0 spiro atoms. The van der Waals surface area contributed by atoms with Crippen molar-refractivity contribution in [1.82, 2.24) is 4.98 Å². The second kappa shape index (κ2) is 9.65. The highest BCUT2D eigenvalue weighted by atomic mass is 16.5. The fourth-order valence-corrected chi connectivity index (χ4v) is 3.39. The number of pyridine rings is 1. The van der Waals surface area contributed by atoms with Crippen molar-refractivity contribution >= 4 is 11.9 Å². The first kappa shape index (κ1) is 21.0. The number of carbonyl (C=O) groups is 1. The quantitative estimate of drug-likeness (QED) is 0.628. The predicted molar refractivity (Wildman–Crippen MR) is 106 cm³/mol. The first-order chi connectivity index (χ1) is 14.0. The van der Waals surface area contributed by atoms with Crippen LogP contribution in [-0.4, -0.2) is 51.3 Å². The molecule has 29 heavy (non-hydrogen) atoms. The molecule has 154 valence electrons. The summed E-state index contributed by atoms with van der Waals surface area (Å²) in [5, 5.41) is 12.8. The Kier molecular flexibility index (Phi) is 6.98. The Balaban J connectivity index is 1.94. The number of ketones is 1. The van der Waals surface area contributed by atoms with Crippen LogP contribution in [-0.2, 0) is 16.0 Å². The van der Waals surface area contributed by atoms with Gasteiger partial charge in [-0.15, -0.1) is 0 Å². The van der Waals surface area contributed by atoms with E-state index < -0.39 is 0 Å². The van der Waals surface area contributed by atoms with E-state index in [2.05, 4.69) is 4.98 Å². The van der Waals surface area contributed by atoms with Gasteiger partial charge in [0.15, 0.2) is 5.76 Å². The van der Waals surface area contributed by atoms with E-state index in [9.17, 15) is 9.90 Å². The maximum Gasteiger partial charge on any atom is 0.232 e. The van der Waals surface area contributed by atoms with Gasteiger partial charge in [-0.3, -0.25) is 9.78 Å². The third kappa shape index (κ3) is 4.82. The number of nitrogens with zero attached hydrogens (tertiary/aromatic N) is 1. The van der Waals surface area contributed by atoms with Crippen LogP contribution in [0, 0.1) is 6.92 Å². The van der Waals surface area contributed by atoms with Crippen LogP contribution in [0.3, 0.4) is 0 Å². The highest BCUT2D eigenvalue weighted by molar-refractivity contribution is 6.15. The number of hydrogen-bond acceptors (Lipinski definition) is 6. The summed E-state index contributed by atoms with van der Waals surface area (Å²) in [5.74, 6) is 0.279. The molecular weight excluding hydrogens is 372 g/mol. The van der Waals surface area contributed by atoms with Crippen LogP contribution in [0.2, 0.25) is 0 Å². The highest BCUT2D eigenvalue weighted by Gasteiger charge is 2.32. The molecule has 0 radical (unpaired) electrons. The van der Waals surface area contributed by atoms with Crippen molar-refractivity contribution in [1.29, 1.82) is 0 Å². The van der Waals surface area contributed by atoms with Gasteiger partial charge in [-0.25, -0.2) is 0 Å². The van der Waals surface area contributed by atoms with Crippen molar-refractivity contribution in [3.05, 3.63) is 58.6 Å². The Labute approximate surface area is 170 Å². The van der Waals surface area contributed by atoms with E-state index in [1.807, 2.05) is 0 Å². The molecule has 1 aromatic heterocycles. The van der Waals surface area contributed by atoms with Gasteiger partial charge >= 0.3 is 0 Å². The highest BCUT2D eigenvalue weighted by Crippen LogP contribution is 2.40. The molecule has 1 N–H and O–H groups in total. The molecule has 0 saturated carbocycles. The molecule has 0 amide bonds. The van der Waals surface area contributed by atoms with Gasteiger partial charge in [-0.1, -0.05) is 11.8 Å². The molecule has 7 heteroatoms. The first-order valence-corrected chi connectivity index (χ1v) is 9.54. The Morgan fingerprint density at radius 2 is 1.83 bits per heavy atom. The van der Waals surface area contributed by atoms with Gasteiger partial charge in [0.2, 0.25) is 5.78 Å². The third-order valence-electron chi connectivity index (χ3n) is 4.95. The molecule has 2 aromatic rings. The minimum Gasteiger partial charge on any atom is -0.872 e. The minimum absolute atomic E-state index is 0.119. The number of allylic oxidation sites excluding steroid dienone is 1. The topological polar surface area (TPSA) is 85.2 Å². The standard InChI is InChI=1S/C22H26N2O5/c1-15-12-18(25)17(14-24(8-10-27-2)9-11-28-3)22-20(15)21(26)19(29-22)13-16-4-6-23-7-5-16/h4-7,12-13,25H,8-11,14H2,1-3H3. The summed E-state index contributed by atoms with van der Waals surface area (Å²) < 4.78 is 16.3. The number of benzene rings is 1. The van der Waals surface area contributed by atoms with Gasteiger partial charge in [-0.2, -0.15) is 0 Å². The SMILES string of the molecule is COCC[NH+](CCOC)Cc1c([O-])cc(C)c2c1OC(=Cc1ccncc1)C2=O. The Hall–Kier alpha value is -2.74. The van der Waals surface area contributed by atoms with Crippen LogP contribution in [0.5, 0.6) is 11.5 Å². The van der Waals surface area contributed by atoms with Gasteiger partial charge in [0.05, 0.1) is 18.8 Å². The van der Waals surface area contributed by atoms with Crippen LogP contribution in [0.4, 0.5) is 0 Å². The molecule has 0 unspecified atom stereocenters. The third-order valence-corrected chi connectivity index (χ3v) is 4.95. The first-order valence-electron chi connectivity index (χ1n) is 9.54. The van der Waals surface area contributed by atoms with Crippen LogP contribution in [0.15, 0.2) is 36.4 Å². The van der Waals surface area contributed by atoms with E-state index in [0.29, 0.717) is 42.2 Å². The summed E-state index contributed by atoms with van der Waals surface area (Å²) in [5.41, 5.74) is 2.43. The zero-order valence-corrected chi connectivity index (χ0v) is 17.0. The van der Waals surface area contributed by atoms with Gasteiger partial charge in [0.1, 0.15) is 25.4 Å². The molecule has 0 saturated heterocycles. The van der Waals surface area contributed by atoms with E-state index >= 15 is 0 Å². The van der Waals surface area contributed by atoms with E-state index in [1.54, 1.807) is 51.7 Å². The maximum atomic E-state index is 13.0. The number of hydrogen-bond donors (Lipinski definition) is 1. The lowest BCUT2D eigenvalue weighted by Crippen LogP contribution is -3.11. The number of methoxy groups -OCH3 is 2. The molecule has 0 fully saturated rings. The van der Waals surface area contributed by atoms with Crippen molar-refractivity contribution in [2.45, 2.75) is 13.5 Å². The summed E-state index contributed by atoms with van der Waals surface area (Å²) in [6.45, 7) is 4.76. The van der Waals surface area contributed by atoms with Gasteiger partial charge in [0.25, 0.3) is 0 Å². The van der Waals surface area contributed by atoms with Crippen molar-refractivity contribution in [2.75, 3.05) is 40.5 Å². The second-order valence-corrected chi connectivity index (χ2v) is 7.01. The number of quaternary nitrogens is 1. The summed E-state index contributed by atoms with van der Waals surface area (Å²) in [7, 11) is 3.29. The van der Waals surface area contributed by atoms with Crippen LogP contribution < -0.4 is 14.7 Å². The minimum atomic E-state index is -0.203. The lowest BCUT2D eigenvalue weighted by Gasteiger charge is -2.24. The number of aryl methyl sites for hydroxylation is 1. The Morgan fingerprint density at radius 1 is 1.17 bits per heavy atom. The summed E-state index contributed by atoms with van der Waals surface area (Å²) in [6, 6.07) is 5.11. The molecule has 1 aliphatic heterocycles. The molecule has 1 aliphatic rings. The summed E-state index contributed by atoms with van der Waals surface area (Å²) >= 11 is 0. The fourth-order valence-electron chi connectivity index (χ4n) is 3.39. The molecule has 0 bridgehead atoms. The number of Topliss-reactive ketones (excluding diaryl/α,β-unsaturated/α-hetero) is 1. The number of ether oxygens (including phenoxy) is 3. The smallest absolute Gasteiger partial charge is 0.232 e. The molecule has 1 aromatic carbocycles. The van der Waals surface area contributed by atoms with E-state index in [4.69, 9.17) is 14.2 Å². The van der Waals surface area contributed by atoms with E-state index in [0.717, 1.165) is 23.6 Å². The maximum absolute atomic E-state index is 13.0. The number of nitrogens with one attached hydrogen (secondary N) is 1. The van der Waals surface area contributed by atoms with Crippen LogP contribution in [0.25, 0.3) is 6.08 Å². The summed E-state index contributed by atoms with van der Waals surface area (Å²) in [4.78, 5) is 18.1. The lowest BCUT2D eigenvalue weighted by atomic mass is 9.99. The fraction of sp³-hybridized carbons (Fsp3) is 0.364. The number of fused-ring (bicyclic) bond motifs is 1.